The molecule has 0 aliphatic rings. The van der Waals surface area contributed by atoms with Crippen molar-refractivity contribution in [1.82, 2.24) is 0 Å². The summed E-state index contributed by atoms with van der Waals surface area (Å²) in [4.78, 5) is 13.6. The largest absolute Gasteiger partial charge is 0.457 e. The van der Waals surface area contributed by atoms with Crippen LogP contribution in [0.15, 0.2) is 59.6 Å². The van der Waals surface area contributed by atoms with Crippen molar-refractivity contribution < 1.29 is 13.9 Å². The van der Waals surface area contributed by atoms with Crippen LogP contribution < -0.4 is 4.74 Å². The van der Waals surface area contributed by atoms with Crippen molar-refractivity contribution in [2.75, 3.05) is 0 Å². The van der Waals surface area contributed by atoms with Crippen molar-refractivity contribution in [2.45, 2.75) is 0 Å². The SMILES string of the molecule is N#Cc1cc(Oc2ccc3ccccc3c2)cc(N=C=O)c1F. The third-order valence-electron chi connectivity index (χ3n) is 3.27. The first-order valence-electron chi connectivity index (χ1n) is 6.69. The van der Waals surface area contributed by atoms with Crippen molar-refractivity contribution in [3.8, 4) is 17.6 Å². The number of carbonyl (C=O) groups excluding carboxylic acids is 1. The molecule has 0 aromatic heterocycles. The predicted molar refractivity (Wildman–Crippen MR) is 82.9 cm³/mol. The van der Waals surface area contributed by atoms with Crippen LogP contribution in [0.2, 0.25) is 0 Å². The van der Waals surface area contributed by atoms with Gasteiger partial charge in [0.2, 0.25) is 6.08 Å². The number of ether oxygens (including phenoxy) is 1. The lowest BCUT2D eigenvalue weighted by atomic mass is 10.1. The van der Waals surface area contributed by atoms with Gasteiger partial charge in [0.05, 0.1) is 5.56 Å². The highest BCUT2D eigenvalue weighted by Gasteiger charge is 2.12. The Morgan fingerprint density at radius 3 is 2.52 bits per heavy atom. The van der Waals surface area contributed by atoms with E-state index in [1.807, 2.05) is 36.4 Å². The molecule has 0 unspecified atom stereocenters. The summed E-state index contributed by atoms with van der Waals surface area (Å²) in [5.74, 6) is -0.130. The molecule has 0 atom stereocenters. The Morgan fingerprint density at radius 1 is 1.00 bits per heavy atom. The normalized spacial score (nSPS) is 9.91. The van der Waals surface area contributed by atoms with E-state index in [1.165, 1.54) is 18.2 Å². The van der Waals surface area contributed by atoms with Crippen molar-refractivity contribution >= 4 is 22.5 Å². The predicted octanol–water partition coefficient (Wildman–Crippen LogP) is 4.61. The second kappa shape index (κ2) is 6.10. The number of isocyanates is 1. The molecule has 23 heavy (non-hydrogen) atoms. The molecule has 3 aromatic carbocycles. The lowest BCUT2D eigenvalue weighted by Crippen LogP contribution is -1.90. The number of halogens is 1. The average Bonchev–Trinajstić information content (AvgIpc) is 2.57. The monoisotopic (exact) mass is 304 g/mol. The number of rotatable bonds is 3. The molecule has 0 fully saturated rings. The van der Waals surface area contributed by atoms with Gasteiger partial charge >= 0.3 is 0 Å². The van der Waals surface area contributed by atoms with E-state index in [0.29, 0.717) is 5.75 Å². The Hall–Kier alpha value is -3.48. The van der Waals surface area contributed by atoms with E-state index >= 15 is 0 Å². The standard InChI is InChI=1S/C18H9FN2O2/c19-18-14(10-20)8-16(9-17(18)21-11-22)23-15-6-5-12-3-1-2-4-13(12)7-15/h1-9H. The number of hydrogen-bond donors (Lipinski definition) is 0. The fourth-order valence-corrected chi connectivity index (χ4v) is 2.22. The van der Waals surface area contributed by atoms with E-state index < -0.39 is 5.82 Å². The van der Waals surface area contributed by atoms with E-state index in [-0.39, 0.29) is 17.0 Å². The Balaban J connectivity index is 2.02. The van der Waals surface area contributed by atoms with Crippen LogP contribution in [-0.2, 0) is 4.79 Å². The molecule has 3 aromatic rings. The van der Waals surface area contributed by atoms with Gasteiger partial charge in [-0.25, -0.2) is 9.18 Å². The van der Waals surface area contributed by atoms with Gasteiger partial charge in [0.25, 0.3) is 0 Å². The minimum Gasteiger partial charge on any atom is -0.457 e. The Kier molecular flexibility index (Phi) is 3.84. The smallest absolute Gasteiger partial charge is 0.240 e. The van der Waals surface area contributed by atoms with E-state index in [4.69, 9.17) is 10.00 Å². The molecular formula is C18H9FN2O2. The molecule has 0 heterocycles. The zero-order chi connectivity index (χ0) is 16.2. The number of nitriles is 1. The van der Waals surface area contributed by atoms with Crippen LogP contribution in [0.3, 0.4) is 0 Å². The minimum atomic E-state index is -0.873. The fourth-order valence-electron chi connectivity index (χ4n) is 2.22. The highest BCUT2D eigenvalue weighted by molar-refractivity contribution is 5.83. The van der Waals surface area contributed by atoms with Crippen LogP contribution in [0.25, 0.3) is 10.8 Å². The molecular weight excluding hydrogens is 295 g/mol. The Morgan fingerprint density at radius 2 is 1.78 bits per heavy atom. The number of nitrogens with zero attached hydrogens (tertiary/aromatic N) is 2. The summed E-state index contributed by atoms with van der Waals surface area (Å²) >= 11 is 0. The molecule has 0 bridgehead atoms. The zero-order valence-electron chi connectivity index (χ0n) is 11.8. The second-order valence-electron chi connectivity index (χ2n) is 4.73. The highest BCUT2D eigenvalue weighted by atomic mass is 19.1. The van der Waals surface area contributed by atoms with Gasteiger partial charge in [-0.1, -0.05) is 30.3 Å². The summed E-state index contributed by atoms with van der Waals surface area (Å²) in [6.45, 7) is 0. The molecule has 0 aliphatic heterocycles. The molecule has 0 N–H and O–H groups in total. The van der Waals surface area contributed by atoms with Gasteiger partial charge < -0.3 is 4.74 Å². The zero-order valence-corrected chi connectivity index (χ0v) is 11.8. The summed E-state index contributed by atoms with van der Waals surface area (Å²) in [7, 11) is 0. The van der Waals surface area contributed by atoms with Gasteiger partial charge in [0.15, 0.2) is 5.82 Å². The van der Waals surface area contributed by atoms with Crippen LogP contribution in [-0.4, -0.2) is 6.08 Å². The van der Waals surface area contributed by atoms with Gasteiger partial charge in [-0.3, -0.25) is 0 Å². The second-order valence-corrected chi connectivity index (χ2v) is 4.73. The van der Waals surface area contributed by atoms with Gasteiger partial charge in [-0.05, 0) is 22.9 Å². The van der Waals surface area contributed by atoms with Crippen molar-refractivity contribution in [3.05, 3.63) is 66.0 Å². The fraction of sp³-hybridized carbons (Fsp3) is 0. The summed E-state index contributed by atoms with van der Waals surface area (Å²) in [5.41, 5.74) is -0.535. The third kappa shape index (κ3) is 2.93. The summed E-state index contributed by atoms with van der Waals surface area (Å²) in [5, 5.41) is 11.0. The summed E-state index contributed by atoms with van der Waals surface area (Å²) in [6.07, 6.45) is 1.26. The quantitative estimate of drug-likeness (QED) is 0.524. The first-order chi connectivity index (χ1) is 11.2. The number of benzene rings is 3. The van der Waals surface area contributed by atoms with Gasteiger partial charge in [0, 0.05) is 12.1 Å². The van der Waals surface area contributed by atoms with Crippen LogP contribution in [0.4, 0.5) is 10.1 Å². The first-order valence-corrected chi connectivity index (χ1v) is 6.69. The van der Waals surface area contributed by atoms with Crippen molar-refractivity contribution in [2.24, 2.45) is 4.99 Å². The van der Waals surface area contributed by atoms with E-state index in [9.17, 15) is 9.18 Å². The van der Waals surface area contributed by atoms with Gasteiger partial charge in [0.1, 0.15) is 23.3 Å². The lowest BCUT2D eigenvalue weighted by Gasteiger charge is -2.08. The minimum absolute atomic E-state index is 0.215. The molecule has 0 saturated carbocycles. The third-order valence-corrected chi connectivity index (χ3v) is 3.27. The summed E-state index contributed by atoms with van der Waals surface area (Å²) < 4.78 is 19.5. The Bertz CT molecular complexity index is 986. The van der Waals surface area contributed by atoms with Gasteiger partial charge in [-0.15, -0.1) is 0 Å². The highest BCUT2D eigenvalue weighted by Crippen LogP contribution is 2.31. The maximum atomic E-state index is 13.8. The molecule has 0 amide bonds. The molecule has 0 radical (unpaired) electrons. The molecule has 5 heteroatoms. The Labute approximate surface area is 131 Å². The van der Waals surface area contributed by atoms with E-state index in [1.54, 1.807) is 12.1 Å². The van der Waals surface area contributed by atoms with Crippen molar-refractivity contribution in [3.63, 3.8) is 0 Å². The summed E-state index contributed by atoms with van der Waals surface area (Å²) in [6, 6.07) is 17.5. The molecule has 110 valence electrons. The molecule has 0 saturated heterocycles. The number of hydrogen-bond acceptors (Lipinski definition) is 4. The molecule has 0 aliphatic carbocycles. The van der Waals surface area contributed by atoms with Crippen LogP contribution >= 0.6 is 0 Å². The van der Waals surface area contributed by atoms with E-state index in [2.05, 4.69) is 4.99 Å². The van der Waals surface area contributed by atoms with E-state index in [0.717, 1.165) is 10.8 Å². The molecule has 0 spiro atoms. The first kappa shape index (κ1) is 14.5. The van der Waals surface area contributed by atoms with Crippen molar-refractivity contribution in [1.29, 1.82) is 5.26 Å². The van der Waals surface area contributed by atoms with Crippen LogP contribution in [0.5, 0.6) is 11.5 Å². The van der Waals surface area contributed by atoms with Gasteiger partial charge in [-0.2, -0.15) is 10.3 Å². The number of fused-ring (bicyclic) bond motifs is 1. The molecule has 4 nitrogen and oxygen atoms in total. The molecule has 3 rings (SSSR count). The maximum Gasteiger partial charge on any atom is 0.240 e. The van der Waals surface area contributed by atoms with Crippen LogP contribution in [0, 0.1) is 17.1 Å². The lowest BCUT2D eigenvalue weighted by molar-refractivity contribution is 0.481. The number of aliphatic imine (C=N–C) groups is 1. The average molecular weight is 304 g/mol. The maximum absolute atomic E-state index is 13.8. The topological polar surface area (TPSA) is 62.4 Å². The van der Waals surface area contributed by atoms with Crippen LogP contribution in [0.1, 0.15) is 5.56 Å².